The highest BCUT2D eigenvalue weighted by atomic mass is 32.2. The lowest BCUT2D eigenvalue weighted by molar-refractivity contribution is 0.102. The molecular formula is C20H20N4O3S2. The Hall–Kier alpha value is -3.04. The molecule has 0 atom stereocenters. The van der Waals surface area contributed by atoms with E-state index < -0.39 is 6.03 Å². The number of para-hydroxylation sites is 2. The molecule has 0 saturated heterocycles. The van der Waals surface area contributed by atoms with Crippen molar-refractivity contribution in [3.05, 3.63) is 59.1 Å². The minimum absolute atomic E-state index is 0.267. The van der Waals surface area contributed by atoms with Crippen LogP contribution >= 0.6 is 23.1 Å². The Morgan fingerprint density at radius 2 is 1.86 bits per heavy atom. The second-order valence-electron chi connectivity index (χ2n) is 5.90. The normalized spacial score (nSPS) is 10.3. The molecule has 3 aromatic rings. The van der Waals surface area contributed by atoms with Crippen LogP contribution in [0.2, 0.25) is 0 Å². The number of aromatic nitrogens is 1. The molecule has 1 heterocycles. The highest BCUT2D eigenvalue weighted by Gasteiger charge is 2.17. The van der Waals surface area contributed by atoms with E-state index in [1.807, 2.05) is 36.6 Å². The van der Waals surface area contributed by atoms with Crippen LogP contribution in [-0.2, 0) is 0 Å². The van der Waals surface area contributed by atoms with Crippen LogP contribution in [0, 0.1) is 6.92 Å². The van der Waals surface area contributed by atoms with Crippen molar-refractivity contribution in [3.63, 3.8) is 0 Å². The molecule has 150 valence electrons. The fourth-order valence-electron chi connectivity index (χ4n) is 2.55. The molecule has 29 heavy (non-hydrogen) atoms. The predicted molar refractivity (Wildman–Crippen MR) is 119 cm³/mol. The van der Waals surface area contributed by atoms with Crippen LogP contribution in [0.3, 0.4) is 0 Å². The monoisotopic (exact) mass is 428 g/mol. The first-order chi connectivity index (χ1) is 14.0. The van der Waals surface area contributed by atoms with E-state index in [2.05, 4.69) is 20.9 Å². The Morgan fingerprint density at radius 1 is 1.07 bits per heavy atom. The van der Waals surface area contributed by atoms with Crippen molar-refractivity contribution < 1.29 is 14.3 Å². The van der Waals surface area contributed by atoms with E-state index in [0.29, 0.717) is 32.8 Å². The van der Waals surface area contributed by atoms with E-state index in [1.165, 1.54) is 7.11 Å². The number of carbonyl (C=O) groups is 2. The topological polar surface area (TPSA) is 92.3 Å². The van der Waals surface area contributed by atoms with Gasteiger partial charge in [-0.3, -0.25) is 10.1 Å². The quantitative estimate of drug-likeness (QED) is 0.476. The minimum atomic E-state index is -0.470. The molecule has 3 amide bonds. The maximum absolute atomic E-state index is 12.6. The summed E-state index contributed by atoms with van der Waals surface area (Å²) in [6.07, 6.45) is 1.97. The lowest BCUT2D eigenvalue weighted by Crippen LogP contribution is -2.19. The van der Waals surface area contributed by atoms with Gasteiger partial charge in [0.1, 0.15) is 10.6 Å². The van der Waals surface area contributed by atoms with Crippen LogP contribution in [-0.4, -0.2) is 30.3 Å². The maximum Gasteiger partial charge on any atom is 0.325 e. The number of hydrogen-bond acceptors (Lipinski definition) is 6. The fourth-order valence-corrected chi connectivity index (χ4v) is 3.86. The molecule has 1 aromatic heterocycles. The Bertz CT molecular complexity index is 1040. The third-order valence-electron chi connectivity index (χ3n) is 3.91. The molecule has 3 N–H and O–H groups in total. The summed E-state index contributed by atoms with van der Waals surface area (Å²) in [5.41, 5.74) is 1.78. The van der Waals surface area contributed by atoms with Gasteiger partial charge in [0.15, 0.2) is 5.13 Å². The van der Waals surface area contributed by atoms with Gasteiger partial charge in [-0.25, -0.2) is 9.78 Å². The van der Waals surface area contributed by atoms with Gasteiger partial charge < -0.3 is 15.4 Å². The summed E-state index contributed by atoms with van der Waals surface area (Å²) in [7, 11) is 1.53. The first kappa shape index (κ1) is 20.7. The van der Waals surface area contributed by atoms with Gasteiger partial charge in [-0.05, 0) is 43.5 Å². The molecule has 0 saturated carbocycles. The summed E-state index contributed by atoms with van der Waals surface area (Å²) in [4.78, 5) is 30.7. The average molecular weight is 429 g/mol. The Balaban J connectivity index is 1.67. The molecule has 0 aliphatic rings. The van der Waals surface area contributed by atoms with E-state index in [4.69, 9.17) is 4.74 Å². The number of methoxy groups -OCH3 is 1. The van der Waals surface area contributed by atoms with Gasteiger partial charge in [-0.15, -0.1) is 11.8 Å². The first-order valence-corrected chi connectivity index (χ1v) is 10.7. The summed E-state index contributed by atoms with van der Waals surface area (Å²) in [6.45, 7) is 1.73. The van der Waals surface area contributed by atoms with Gasteiger partial charge in [-0.1, -0.05) is 29.5 Å². The Morgan fingerprint density at radius 3 is 2.62 bits per heavy atom. The van der Waals surface area contributed by atoms with Gasteiger partial charge in [0.2, 0.25) is 0 Å². The van der Waals surface area contributed by atoms with Crippen molar-refractivity contribution in [2.45, 2.75) is 11.8 Å². The number of thiazole rings is 1. The van der Waals surface area contributed by atoms with Crippen LogP contribution in [0.25, 0.3) is 0 Å². The molecule has 0 bridgehead atoms. The Labute approximate surface area is 176 Å². The first-order valence-electron chi connectivity index (χ1n) is 8.64. The number of urea groups is 1. The number of ether oxygens (including phenoxy) is 1. The van der Waals surface area contributed by atoms with Crippen LogP contribution in [0.1, 0.15) is 15.4 Å². The van der Waals surface area contributed by atoms with Crippen molar-refractivity contribution in [2.75, 3.05) is 29.3 Å². The number of benzene rings is 2. The number of rotatable bonds is 6. The molecule has 0 unspecified atom stereocenters. The van der Waals surface area contributed by atoms with Gasteiger partial charge in [0.05, 0.1) is 18.5 Å². The minimum Gasteiger partial charge on any atom is -0.495 e. The zero-order valence-electron chi connectivity index (χ0n) is 16.1. The van der Waals surface area contributed by atoms with Gasteiger partial charge in [0.25, 0.3) is 5.91 Å². The summed E-state index contributed by atoms with van der Waals surface area (Å²) in [5, 5.41) is 8.57. The van der Waals surface area contributed by atoms with Gasteiger partial charge >= 0.3 is 6.03 Å². The molecule has 0 radical (unpaired) electrons. The van der Waals surface area contributed by atoms with Crippen molar-refractivity contribution in [1.82, 2.24) is 4.98 Å². The summed E-state index contributed by atoms with van der Waals surface area (Å²) < 4.78 is 5.21. The number of nitrogens with one attached hydrogen (secondary N) is 3. The number of hydrogen-bond donors (Lipinski definition) is 3. The van der Waals surface area contributed by atoms with Crippen molar-refractivity contribution >= 4 is 51.5 Å². The molecular weight excluding hydrogens is 408 g/mol. The van der Waals surface area contributed by atoms with E-state index >= 15 is 0 Å². The Kier molecular flexibility index (Phi) is 6.73. The average Bonchev–Trinajstić information content (AvgIpc) is 3.08. The van der Waals surface area contributed by atoms with Crippen molar-refractivity contribution in [1.29, 1.82) is 0 Å². The van der Waals surface area contributed by atoms with E-state index in [-0.39, 0.29) is 5.91 Å². The third kappa shape index (κ3) is 5.27. The highest BCUT2D eigenvalue weighted by molar-refractivity contribution is 7.98. The van der Waals surface area contributed by atoms with Crippen molar-refractivity contribution in [2.24, 2.45) is 0 Å². The molecule has 0 aliphatic heterocycles. The number of thioether (sulfide) groups is 1. The molecule has 0 spiro atoms. The maximum atomic E-state index is 12.6. The summed E-state index contributed by atoms with van der Waals surface area (Å²) >= 11 is 2.71. The van der Waals surface area contributed by atoms with E-state index in [0.717, 1.165) is 16.2 Å². The number of aryl methyl sites for hydroxylation is 1. The molecule has 0 fully saturated rings. The predicted octanol–water partition coefficient (Wildman–Crippen LogP) is 5.08. The largest absolute Gasteiger partial charge is 0.495 e. The number of carbonyl (C=O) groups excluding carboxylic acids is 2. The molecule has 7 nitrogen and oxygen atoms in total. The standard InChI is InChI=1S/C20H20N4O3S2/c1-12-17(18(25)22-13-7-6-8-14(11-13)28-3)29-20(21-12)24-19(26)23-15-9-4-5-10-16(15)27-2/h4-11H,1-3H3,(H,22,25)(H2,21,23,24,26). The zero-order valence-corrected chi connectivity index (χ0v) is 17.7. The lowest BCUT2D eigenvalue weighted by Gasteiger charge is -2.09. The fraction of sp³-hybridized carbons (Fsp3) is 0.150. The molecule has 2 aromatic carbocycles. The second kappa shape index (κ2) is 9.44. The molecule has 0 aliphatic carbocycles. The smallest absolute Gasteiger partial charge is 0.325 e. The van der Waals surface area contributed by atoms with Crippen molar-refractivity contribution in [3.8, 4) is 5.75 Å². The second-order valence-corrected chi connectivity index (χ2v) is 7.78. The van der Waals surface area contributed by atoms with E-state index in [1.54, 1.807) is 36.9 Å². The SMILES string of the molecule is COc1ccccc1NC(=O)Nc1nc(C)c(C(=O)Nc2cccc(SC)c2)s1. The zero-order chi connectivity index (χ0) is 20.8. The van der Waals surface area contributed by atoms with Crippen LogP contribution in [0.15, 0.2) is 53.4 Å². The van der Waals surface area contributed by atoms with Gasteiger partial charge in [-0.2, -0.15) is 0 Å². The van der Waals surface area contributed by atoms with Gasteiger partial charge in [0, 0.05) is 10.6 Å². The lowest BCUT2D eigenvalue weighted by atomic mass is 10.3. The third-order valence-corrected chi connectivity index (χ3v) is 5.70. The number of anilines is 3. The summed E-state index contributed by atoms with van der Waals surface area (Å²) in [5.74, 6) is 0.280. The number of nitrogens with zero attached hydrogens (tertiary/aromatic N) is 1. The van der Waals surface area contributed by atoms with E-state index in [9.17, 15) is 9.59 Å². The summed E-state index contributed by atoms with van der Waals surface area (Å²) in [6, 6.07) is 14.2. The highest BCUT2D eigenvalue weighted by Crippen LogP contribution is 2.26. The number of amides is 3. The van der Waals surface area contributed by atoms with Crippen LogP contribution in [0.4, 0.5) is 21.3 Å². The molecule has 3 rings (SSSR count). The van der Waals surface area contributed by atoms with Crippen LogP contribution in [0.5, 0.6) is 5.75 Å². The van der Waals surface area contributed by atoms with Crippen LogP contribution < -0.4 is 20.7 Å². The molecule has 9 heteroatoms.